The number of aryl methyl sites for hydroxylation is 2. The summed E-state index contributed by atoms with van der Waals surface area (Å²) in [4.78, 5) is 16.8. The highest BCUT2D eigenvalue weighted by atomic mass is 32.1. The highest BCUT2D eigenvalue weighted by molar-refractivity contribution is 7.11. The van der Waals surface area contributed by atoms with E-state index >= 15 is 0 Å². The van der Waals surface area contributed by atoms with Crippen molar-refractivity contribution in [1.29, 1.82) is 0 Å². The van der Waals surface area contributed by atoms with Crippen molar-refractivity contribution >= 4 is 23.1 Å². The molecule has 0 aromatic carbocycles. The lowest BCUT2D eigenvalue weighted by atomic mass is 10.2. The van der Waals surface area contributed by atoms with Crippen LogP contribution in [0.1, 0.15) is 28.1 Å². The van der Waals surface area contributed by atoms with E-state index < -0.39 is 0 Å². The molecule has 0 spiro atoms. The van der Waals surface area contributed by atoms with Crippen molar-refractivity contribution in [3.8, 4) is 0 Å². The lowest BCUT2D eigenvalue weighted by Crippen LogP contribution is -2.36. The quantitative estimate of drug-likeness (QED) is 0.621. The Hall–Kier alpha value is -2.15. The van der Waals surface area contributed by atoms with Crippen LogP contribution in [0.5, 0.6) is 0 Å². The van der Waals surface area contributed by atoms with Crippen molar-refractivity contribution < 1.29 is 0 Å². The molecular formula is C17H26N6S. The van der Waals surface area contributed by atoms with Crippen LogP contribution in [0.2, 0.25) is 0 Å². The molecule has 0 radical (unpaired) electrons. The van der Waals surface area contributed by atoms with Crippen LogP contribution in [0.4, 0.5) is 5.82 Å². The fourth-order valence-corrected chi connectivity index (χ4v) is 3.24. The summed E-state index contributed by atoms with van der Waals surface area (Å²) >= 11 is 1.72. The monoisotopic (exact) mass is 346 g/mol. The second-order valence-electron chi connectivity index (χ2n) is 5.67. The van der Waals surface area contributed by atoms with Crippen LogP contribution in [0.25, 0.3) is 0 Å². The number of pyridine rings is 1. The molecule has 0 saturated heterocycles. The Morgan fingerprint density at radius 2 is 2.08 bits per heavy atom. The fraction of sp³-hybridized carbons (Fsp3) is 0.471. The first-order valence-corrected chi connectivity index (χ1v) is 8.89. The first-order valence-electron chi connectivity index (χ1n) is 8.07. The molecule has 0 fully saturated rings. The number of nitrogens with zero attached hydrogens (tertiary/aromatic N) is 4. The van der Waals surface area contributed by atoms with Crippen molar-refractivity contribution in [2.75, 3.05) is 25.5 Å². The van der Waals surface area contributed by atoms with Crippen LogP contribution in [0.15, 0.2) is 23.3 Å². The Bertz CT molecular complexity index is 692. The molecule has 2 heterocycles. The maximum absolute atomic E-state index is 4.69. The molecule has 0 aliphatic rings. The number of aliphatic imine (C=N–C) groups is 1. The van der Waals surface area contributed by atoms with E-state index in [2.05, 4.69) is 33.6 Å². The zero-order chi connectivity index (χ0) is 17.5. The van der Waals surface area contributed by atoms with Gasteiger partial charge < -0.3 is 15.5 Å². The highest BCUT2D eigenvalue weighted by Gasteiger charge is 2.07. The van der Waals surface area contributed by atoms with Crippen molar-refractivity contribution in [2.24, 2.45) is 4.99 Å². The van der Waals surface area contributed by atoms with Gasteiger partial charge in [0.25, 0.3) is 0 Å². The first kappa shape index (κ1) is 18.2. The van der Waals surface area contributed by atoms with E-state index in [-0.39, 0.29) is 0 Å². The van der Waals surface area contributed by atoms with Gasteiger partial charge in [0, 0.05) is 37.3 Å². The van der Waals surface area contributed by atoms with Gasteiger partial charge in [0.1, 0.15) is 5.82 Å². The number of hydrogen-bond donors (Lipinski definition) is 2. The van der Waals surface area contributed by atoms with Crippen molar-refractivity contribution in [3.63, 3.8) is 0 Å². The second-order valence-corrected chi connectivity index (χ2v) is 6.96. The number of hydrogen-bond acceptors (Lipinski definition) is 5. The summed E-state index contributed by atoms with van der Waals surface area (Å²) in [6.45, 7) is 8.28. The van der Waals surface area contributed by atoms with E-state index in [0.717, 1.165) is 41.1 Å². The third kappa shape index (κ3) is 4.92. The van der Waals surface area contributed by atoms with Crippen LogP contribution in [-0.4, -0.2) is 36.6 Å². The molecule has 2 aromatic heterocycles. The number of anilines is 1. The van der Waals surface area contributed by atoms with Crippen LogP contribution in [0.3, 0.4) is 0 Å². The summed E-state index contributed by atoms with van der Waals surface area (Å²) < 4.78 is 0. The smallest absolute Gasteiger partial charge is 0.191 e. The Balaban J connectivity index is 2.07. The average molecular weight is 347 g/mol. The van der Waals surface area contributed by atoms with E-state index in [1.54, 1.807) is 17.5 Å². The molecule has 2 N–H and O–H groups in total. The van der Waals surface area contributed by atoms with Gasteiger partial charge in [-0.25, -0.2) is 15.0 Å². The lowest BCUT2D eigenvalue weighted by molar-refractivity contribution is 0.817. The molecule has 0 aliphatic carbocycles. The van der Waals surface area contributed by atoms with Crippen LogP contribution in [-0.2, 0) is 13.1 Å². The largest absolute Gasteiger partial charge is 0.362 e. The van der Waals surface area contributed by atoms with Crippen LogP contribution < -0.4 is 15.5 Å². The molecule has 130 valence electrons. The molecule has 7 heteroatoms. The predicted molar refractivity (Wildman–Crippen MR) is 102 cm³/mol. The summed E-state index contributed by atoms with van der Waals surface area (Å²) in [7, 11) is 3.99. The molecule has 6 nitrogen and oxygen atoms in total. The molecule has 0 saturated carbocycles. The van der Waals surface area contributed by atoms with Crippen molar-refractivity contribution in [2.45, 2.75) is 33.9 Å². The zero-order valence-electron chi connectivity index (χ0n) is 15.1. The minimum Gasteiger partial charge on any atom is -0.362 e. The number of nitrogens with one attached hydrogen (secondary N) is 2. The number of guanidine groups is 1. The third-order valence-electron chi connectivity index (χ3n) is 3.46. The molecule has 24 heavy (non-hydrogen) atoms. The summed E-state index contributed by atoms with van der Waals surface area (Å²) in [5.74, 6) is 1.75. The molecule has 2 rings (SSSR count). The maximum atomic E-state index is 4.69. The standard InChI is InChI=1S/C17H26N6S/c1-6-18-17(21-11-15-12(2)22-13(3)24-15)20-10-14-8-7-9-19-16(14)23(4)5/h7-9H,6,10-11H2,1-5H3,(H2,18,20,21). The van der Waals surface area contributed by atoms with Gasteiger partial charge >= 0.3 is 0 Å². The van der Waals surface area contributed by atoms with Gasteiger partial charge in [-0.1, -0.05) is 6.07 Å². The van der Waals surface area contributed by atoms with Gasteiger partial charge in [0.15, 0.2) is 5.96 Å². The van der Waals surface area contributed by atoms with Crippen LogP contribution >= 0.6 is 11.3 Å². The van der Waals surface area contributed by atoms with Gasteiger partial charge in [0.05, 0.1) is 23.8 Å². The van der Waals surface area contributed by atoms with Crippen LogP contribution in [0, 0.1) is 13.8 Å². The van der Waals surface area contributed by atoms with Crippen molar-refractivity contribution in [1.82, 2.24) is 20.6 Å². The molecule has 0 unspecified atom stereocenters. The minimum atomic E-state index is 0.581. The Labute approximate surface area is 148 Å². The SMILES string of the molecule is CCNC(=NCc1cccnc1N(C)C)NCc1sc(C)nc1C. The van der Waals surface area contributed by atoms with E-state index in [4.69, 9.17) is 4.99 Å². The molecule has 0 bridgehead atoms. The Morgan fingerprint density at radius 1 is 1.29 bits per heavy atom. The molecule has 0 atom stereocenters. The zero-order valence-corrected chi connectivity index (χ0v) is 15.9. The number of thiazole rings is 1. The topological polar surface area (TPSA) is 65.4 Å². The molecule has 0 amide bonds. The van der Waals surface area contributed by atoms with E-state index in [0.29, 0.717) is 6.54 Å². The Morgan fingerprint density at radius 3 is 2.71 bits per heavy atom. The third-order valence-corrected chi connectivity index (χ3v) is 4.53. The lowest BCUT2D eigenvalue weighted by Gasteiger charge is -2.15. The number of rotatable bonds is 6. The fourth-order valence-electron chi connectivity index (χ4n) is 2.36. The van der Waals surface area contributed by atoms with E-state index in [1.165, 1.54) is 4.88 Å². The van der Waals surface area contributed by atoms with Gasteiger partial charge in [-0.15, -0.1) is 11.3 Å². The average Bonchev–Trinajstić information content (AvgIpc) is 2.88. The first-order chi connectivity index (χ1) is 11.5. The summed E-state index contributed by atoms with van der Waals surface area (Å²) in [5, 5.41) is 7.77. The summed E-state index contributed by atoms with van der Waals surface area (Å²) in [5.41, 5.74) is 2.19. The van der Waals surface area contributed by atoms with Gasteiger partial charge in [-0.05, 0) is 26.8 Å². The van der Waals surface area contributed by atoms with Gasteiger partial charge in [-0.3, -0.25) is 0 Å². The summed E-state index contributed by atoms with van der Waals surface area (Å²) in [6.07, 6.45) is 1.81. The maximum Gasteiger partial charge on any atom is 0.191 e. The van der Waals surface area contributed by atoms with E-state index in [9.17, 15) is 0 Å². The molecule has 0 aliphatic heterocycles. The predicted octanol–water partition coefficient (Wildman–Crippen LogP) is 2.48. The van der Waals surface area contributed by atoms with E-state index in [1.807, 2.05) is 38.9 Å². The summed E-state index contributed by atoms with van der Waals surface area (Å²) in [6, 6.07) is 4.01. The van der Waals surface area contributed by atoms with Crippen molar-refractivity contribution in [3.05, 3.63) is 39.5 Å². The molecule has 2 aromatic rings. The number of aromatic nitrogens is 2. The normalized spacial score (nSPS) is 11.5. The highest BCUT2D eigenvalue weighted by Crippen LogP contribution is 2.17. The van der Waals surface area contributed by atoms with Gasteiger partial charge in [-0.2, -0.15) is 0 Å². The Kier molecular flexibility index (Phi) is 6.54. The minimum absolute atomic E-state index is 0.581. The second kappa shape index (κ2) is 8.63. The van der Waals surface area contributed by atoms with Gasteiger partial charge in [0.2, 0.25) is 0 Å². The molecular weight excluding hydrogens is 320 g/mol.